The van der Waals surface area contributed by atoms with Crippen LogP contribution >= 0.6 is 15.9 Å². The minimum absolute atomic E-state index is 0.714. The SMILES string of the molecule is Brc1nc2c(ccc3nccnc32)[nH]1. The molecule has 0 aliphatic heterocycles. The summed E-state index contributed by atoms with van der Waals surface area (Å²) in [5.74, 6) is 0. The van der Waals surface area contributed by atoms with Gasteiger partial charge >= 0.3 is 0 Å². The first-order valence-electron chi connectivity index (χ1n) is 4.09. The Bertz CT molecular complexity index is 616. The first-order valence-corrected chi connectivity index (χ1v) is 4.89. The van der Waals surface area contributed by atoms with Crippen molar-refractivity contribution in [2.45, 2.75) is 0 Å². The summed E-state index contributed by atoms with van der Waals surface area (Å²) < 4.78 is 0.714. The van der Waals surface area contributed by atoms with Crippen molar-refractivity contribution in [3.63, 3.8) is 0 Å². The van der Waals surface area contributed by atoms with Crippen LogP contribution in [0.4, 0.5) is 0 Å². The number of rotatable bonds is 0. The van der Waals surface area contributed by atoms with E-state index in [2.05, 4.69) is 35.9 Å². The minimum Gasteiger partial charge on any atom is -0.332 e. The summed E-state index contributed by atoms with van der Waals surface area (Å²) in [5.41, 5.74) is 3.50. The van der Waals surface area contributed by atoms with Crippen molar-refractivity contribution < 1.29 is 0 Å². The van der Waals surface area contributed by atoms with Gasteiger partial charge in [0.15, 0.2) is 4.73 Å². The molecule has 0 amide bonds. The Labute approximate surface area is 87.5 Å². The topological polar surface area (TPSA) is 54.5 Å². The number of aromatic amines is 1. The summed E-state index contributed by atoms with van der Waals surface area (Å²) in [6.07, 6.45) is 3.35. The van der Waals surface area contributed by atoms with E-state index in [1.165, 1.54) is 0 Å². The summed E-state index contributed by atoms with van der Waals surface area (Å²) in [6.45, 7) is 0. The monoisotopic (exact) mass is 248 g/mol. The third kappa shape index (κ3) is 1.02. The van der Waals surface area contributed by atoms with Crippen molar-refractivity contribution in [1.29, 1.82) is 0 Å². The van der Waals surface area contributed by atoms with Crippen LogP contribution in [0, 0.1) is 0 Å². The van der Waals surface area contributed by atoms with Crippen LogP contribution in [0.15, 0.2) is 29.3 Å². The van der Waals surface area contributed by atoms with Crippen molar-refractivity contribution >= 4 is 38.0 Å². The van der Waals surface area contributed by atoms with Crippen LogP contribution in [0.1, 0.15) is 0 Å². The number of benzene rings is 1. The number of nitrogens with zero attached hydrogens (tertiary/aromatic N) is 3. The smallest absolute Gasteiger partial charge is 0.175 e. The Kier molecular flexibility index (Phi) is 1.55. The molecule has 0 unspecified atom stereocenters. The average molecular weight is 249 g/mol. The Morgan fingerprint density at radius 2 is 1.93 bits per heavy atom. The van der Waals surface area contributed by atoms with Gasteiger partial charge in [-0.05, 0) is 28.1 Å². The van der Waals surface area contributed by atoms with Crippen molar-refractivity contribution in [2.24, 2.45) is 0 Å². The van der Waals surface area contributed by atoms with Crippen LogP contribution in [-0.4, -0.2) is 19.9 Å². The van der Waals surface area contributed by atoms with Gasteiger partial charge in [-0.15, -0.1) is 0 Å². The molecular weight excluding hydrogens is 244 g/mol. The van der Waals surface area contributed by atoms with Gasteiger partial charge in [-0.2, -0.15) is 0 Å². The van der Waals surface area contributed by atoms with Crippen LogP contribution < -0.4 is 0 Å². The molecular formula is C9H5BrN4. The third-order valence-electron chi connectivity index (χ3n) is 2.06. The van der Waals surface area contributed by atoms with Crippen molar-refractivity contribution in [3.05, 3.63) is 29.3 Å². The Morgan fingerprint density at radius 1 is 1.07 bits per heavy atom. The maximum Gasteiger partial charge on any atom is 0.175 e. The lowest BCUT2D eigenvalue weighted by Gasteiger charge is -1.94. The summed E-state index contributed by atoms with van der Waals surface area (Å²) in [7, 11) is 0. The Morgan fingerprint density at radius 3 is 2.86 bits per heavy atom. The summed E-state index contributed by atoms with van der Waals surface area (Å²) in [5, 5.41) is 0. The van der Waals surface area contributed by atoms with Gasteiger partial charge in [0.05, 0.1) is 11.0 Å². The number of hydrogen-bond acceptors (Lipinski definition) is 3. The fraction of sp³-hybridized carbons (Fsp3) is 0. The van der Waals surface area contributed by atoms with E-state index in [9.17, 15) is 0 Å². The molecule has 0 bridgehead atoms. The molecule has 0 saturated carbocycles. The lowest BCUT2D eigenvalue weighted by Crippen LogP contribution is -1.82. The molecule has 2 aromatic heterocycles. The quantitative estimate of drug-likeness (QED) is 0.664. The highest BCUT2D eigenvalue weighted by Crippen LogP contribution is 2.21. The lowest BCUT2D eigenvalue weighted by atomic mass is 10.2. The number of nitrogens with one attached hydrogen (secondary N) is 1. The van der Waals surface area contributed by atoms with Crippen molar-refractivity contribution in [3.8, 4) is 0 Å². The molecule has 0 fully saturated rings. The fourth-order valence-corrected chi connectivity index (χ4v) is 1.86. The molecule has 0 spiro atoms. The van der Waals surface area contributed by atoms with Crippen LogP contribution in [0.3, 0.4) is 0 Å². The number of H-pyrrole nitrogens is 1. The normalized spacial score (nSPS) is 11.2. The number of fused-ring (bicyclic) bond motifs is 3. The van der Waals surface area contributed by atoms with E-state index < -0.39 is 0 Å². The molecule has 3 aromatic rings. The molecule has 0 radical (unpaired) electrons. The largest absolute Gasteiger partial charge is 0.332 e. The van der Waals surface area contributed by atoms with Crippen LogP contribution in [0.25, 0.3) is 22.1 Å². The van der Waals surface area contributed by atoms with E-state index in [0.717, 1.165) is 22.1 Å². The van der Waals surface area contributed by atoms with Gasteiger partial charge in [-0.1, -0.05) is 0 Å². The Hall–Kier alpha value is -1.49. The Balaban J connectivity index is 2.60. The molecule has 68 valence electrons. The van der Waals surface area contributed by atoms with Crippen LogP contribution in [0.5, 0.6) is 0 Å². The molecule has 3 rings (SSSR count). The standard InChI is InChI=1S/C9H5BrN4/c10-9-13-6-2-1-5-7(8(6)14-9)12-4-3-11-5/h1-4H,(H,13,14). The van der Waals surface area contributed by atoms with E-state index in [1.54, 1.807) is 12.4 Å². The van der Waals surface area contributed by atoms with Crippen molar-refractivity contribution in [1.82, 2.24) is 19.9 Å². The number of imidazole rings is 1. The van der Waals surface area contributed by atoms with Gasteiger partial charge in [0.25, 0.3) is 0 Å². The summed E-state index contributed by atoms with van der Waals surface area (Å²) in [4.78, 5) is 15.9. The van der Waals surface area contributed by atoms with Gasteiger partial charge in [0.2, 0.25) is 0 Å². The molecule has 2 heterocycles. The van der Waals surface area contributed by atoms with Crippen molar-refractivity contribution in [2.75, 3.05) is 0 Å². The van der Waals surface area contributed by atoms with Crippen LogP contribution in [0.2, 0.25) is 0 Å². The maximum atomic E-state index is 4.30. The van der Waals surface area contributed by atoms with Gasteiger partial charge in [0, 0.05) is 12.4 Å². The summed E-state index contributed by atoms with van der Waals surface area (Å²) >= 11 is 3.30. The molecule has 0 aliphatic rings. The highest BCUT2D eigenvalue weighted by molar-refractivity contribution is 9.10. The zero-order valence-corrected chi connectivity index (χ0v) is 8.62. The predicted octanol–water partition coefficient (Wildman–Crippen LogP) is 2.27. The zero-order valence-electron chi connectivity index (χ0n) is 7.03. The second kappa shape index (κ2) is 2.75. The first kappa shape index (κ1) is 7.87. The lowest BCUT2D eigenvalue weighted by molar-refractivity contribution is 1.26. The van der Waals surface area contributed by atoms with Crippen LogP contribution in [-0.2, 0) is 0 Å². The number of aromatic nitrogens is 4. The molecule has 5 heteroatoms. The second-order valence-electron chi connectivity index (χ2n) is 2.91. The van der Waals surface area contributed by atoms with Gasteiger partial charge in [-0.25, -0.2) is 4.98 Å². The fourth-order valence-electron chi connectivity index (χ4n) is 1.47. The summed E-state index contributed by atoms with van der Waals surface area (Å²) in [6, 6.07) is 3.87. The van der Waals surface area contributed by atoms with Gasteiger partial charge < -0.3 is 4.98 Å². The van der Waals surface area contributed by atoms with Gasteiger partial charge in [0.1, 0.15) is 11.0 Å². The second-order valence-corrected chi connectivity index (χ2v) is 3.66. The third-order valence-corrected chi connectivity index (χ3v) is 2.44. The molecule has 0 atom stereocenters. The van der Waals surface area contributed by atoms with E-state index in [-0.39, 0.29) is 0 Å². The molecule has 1 aromatic carbocycles. The predicted molar refractivity (Wildman–Crippen MR) is 56.9 cm³/mol. The minimum atomic E-state index is 0.714. The highest BCUT2D eigenvalue weighted by Gasteiger charge is 2.05. The van der Waals surface area contributed by atoms with Gasteiger partial charge in [-0.3, -0.25) is 9.97 Å². The maximum absolute atomic E-state index is 4.30. The van der Waals surface area contributed by atoms with E-state index >= 15 is 0 Å². The molecule has 4 nitrogen and oxygen atoms in total. The highest BCUT2D eigenvalue weighted by atomic mass is 79.9. The van der Waals surface area contributed by atoms with E-state index in [1.807, 2.05) is 12.1 Å². The molecule has 1 N–H and O–H groups in total. The van der Waals surface area contributed by atoms with E-state index in [0.29, 0.717) is 4.73 Å². The first-order chi connectivity index (χ1) is 6.84. The average Bonchev–Trinajstić information content (AvgIpc) is 2.59. The van der Waals surface area contributed by atoms with E-state index in [4.69, 9.17) is 0 Å². The number of hydrogen-bond donors (Lipinski definition) is 1. The molecule has 0 aliphatic carbocycles. The number of halogens is 1. The zero-order chi connectivity index (χ0) is 9.54. The molecule has 0 saturated heterocycles. The molecule has 14 heavy (non-hydrogen) atoms.